The molecule has 20 heavy (non-hydrogen) atoms. The number of carbonyl (C=O) groups is 2. The maximum absolute atomic E-state index is 11.3. The summed E-state index contributed by atoms with van der Waals surface area (Å²) in [6.07, 6.45) is 1.60. The summed E-state index contributed by atoms with van der Waals surface area (Å²) in [4.78, 5) is 25.9. The third kappa shape index (κ3) is 3.59. The van der Waals surface area contributed by atoms with E-state index in [-0.39, 0.29) is 11.1 Å². The molecule has 4 nitrogen and oxygen atoms in total. The molecule has 0 aliphatic heterocycles. The fourth-order valence-electron chi connectivity index (χ4n) is 1.94. The van der Waals surface area contributed by atoms with Crippen LogP contribution in [0.3, 0.4) is 0 Å². The average molecular weight is 275 g/mol. The van der Waals surface area contributed by atoms with Crippen LogP contribution in [0.4, 0.5) is 11.4 Å². The summed E-state index contributed by atoms with van der Waals surface area (Å²) in [5.41, 5.74) is 0.784. The zero-order valence-electron chi connectivity index (χ0n) is 13.1. The van der Waals surface area contributed by atoms with E-state index in [9.17, 15) is 9.59 Å². The van der Waals surface area contributed by atoms with Gasteiger partial charge in [0.1, 0.15) is 0 Å². The standard InChI is InChI=1S/C16H23N2O2/c1-15(2,3)17(11-19)13-8-7-9-14(10-13)18(12-20)16(4,5)6/h8-12H,1-6H3. The van der Waals surface area contributed by atoms with Crippen LogP contribution in [-0.4, -0.2) is 23.9 Å². The Kier molecular flexibility index (Phi) is 4.58. The fourth-order valence-corrected chi connectivity index (χ4v) is 1.94. The van der Waals surface area contributed by atoms with E-state index in [1.165, 1.54) is 0 Å². The molecule has 2 amide bonds. The van der Waals surface area contributed by atoms with E-state index in [0.29, 0.717) is 0 Å². The third-order valence-corrected chi connectivity index (χ3v) is 2.97. The zero-order chi connectivity index (χ0) is 15.6. The molecule has 1 rings (SSSR count). The van der Waals surface area contributed by atoms with Gasteiger partial charge in [-0.2, -0.15) is 0 Å². The first kappa shape index (κ1) is 16.2. The van der Waals surface area contributed by atoms with Crippen LogP contribution >= 0.6 is 0 Å². The van der Waals surface area contributed by atoms with Crippen molar-refractivity contribution in [3.63, 3.8) is 0 Å². The summed E-state index contributed by atoms with van der Waals surface area (Å²) in [5.74, 6) is 0. The molecule has 109 valence electrons. The Bertz CT molecular complexity index is 443. The zero-order valence-corrected chi connectivity index (χ0v) is 13.1. The fraction of sp³-hybridized carbons (Fsp3) is 0.500. The monoisotopic (exact) mass is 275 g/mol. The van der Waals surface area contributed by atoms with Crippen molar-refractivity contribution >= 4 is 24.2 Å². The van der Waals surface area contributed by atoms with E-state index < -0.39 is 0 Å². The second-order valence-corrected chi connectivity index (χ2v) is 6.74. The first-order valence-electron chi connectivity index (χ1n) is 6.61. The highest BCUT2D eigenvalue weighted by Gasteiger charge is 2.24. The lowest BCUT2D eigenvalue weighted by atomic mass is 10.0. The van der Waals surface area contributed by atoms with Crippen LogP contribution in [0.15, 0.2) is 18.2 Å². The predicted molar refractivity (Wildman–Crippen MR) is 81.9 cm³/mol. The molecule has 0 bridgehead atoms. The molecule has 0 saturated heterocycles. The number of carbonyl (C=O) groups excluding carboxylic acids is 2. The van der Waals surface area contributed by atoms with Gasteiger partial charge in [0.15, 0.2) is 0 Å². The van der Waals surface area contributed by atoms with Gasteiger partial charge in [-0.3, -0.25) is 9.59 Å². The molecule has 1 aromatic carbocycles. The van der Waals surface area contributed by atoms with Crippen molar-refractivity contribution in [2.45, 2.75) is 52.6 Å². The minimum absolute atomic E-state index is 0.331. The van der Waals surface area contributed by atoms with Gasteiger partial charge in [-0.05, 0) is 65.8 Å². The van der Waals surface area contributed by atoms with Crippen LogP contribution < -0.4 is 9.80 Å². The lowest BCUT2D eigenvalue weighted by molar-refractivity contribution is -0.109. The number of benzene rings is 1. The van der Waals surface area contributed by atoms with Crippen molar-refractivity contribution in [1.29, 1.82) is 0 Å². The van der Waals surface area contributed by atoms with Gasteiger partial charge in [-0.25, -0.2) is 0 Å². The topological polar surface area (TPSA) is 40.6 Å². The van der Waals surface area contributed by atoms with Crippen LogP contribution in [0.2, 0.25) is 0 Å². The molecular formula is C16H23N2O2. The maximum atomic E-state index is 11.3. The summed E-state index contributed by atoms with van der Waals surface area (Å²) in [6.45, 7) is 11.7. The van der Waals surface area contributed by atoms with Crippen molar-refractivity contribution < 1.29 is 9.59 Å². The molecule has 0 atom stereocenters. The number of rotatable bonds is 4. The molecule has 0 fully saturated rings. The van der Waals surface area contributed by atoms with Crippen molar-refractivity contribution in [1.82, 2.24) is 0 Å². The largest absolute Gasteiger partial charge is 0.310 e. The van der Waals surface area contributed by atoms with Gasteiger partial charge in [0.2, 0.25) is 12.8 Å². The second-order valence-electron chi connectivity index (χ2n) is 6.74. The predicted octanol–water partition coefficient (Wildman–Crippen LogP) is 3.01. The van der Waals surface area contributed by atoms with Crippen LogP contribution in [0.5, 0.6) is 0 Å². The summed E-state index contributed by atoms with van der Waals surface area (Å²) >= 11 is 0. The quantitative estimate of drug-likeness (QED) is 0.793. The Labute approximate surface area is 121 Å². The number of hydrogen-bond acceptors (Lipinski definition) is 2. The molecule has 0 aliphatic rings. The Balaban J connectivity index is 3.26. The SMILES string of the molecule is CC(C)(C)N(C=O)c1c[c]cc(N(C=O)C(C)(C)C)c1. The van der Waals surface area contributed by atoms with Gasteiger partial charge in [-0.1, -0.05) is 0 Å². The number of anilines is 2. The minimum Gasteiger partial charge on any atom is -0.310 e. The van der Waals surface area contributed by atoms with Crippen LogP contribution in [-0.2, 0) is 9.59 Å². The van der Waals surface area contributed by atoms with Crippen LogP contribution in [0.1, 0.15) is 41.5 Å². The second kappa shape index (κ2) is 5.65. The van der Waals surface area contributed by atoms with Crippen LogP contribution in [0.25, 0.3) is 0 Å². The summed E-state index contributed by atoms with van der Waals surface area (Å²) in [5, 5.41) is 0. The molecule has 0 N–H and O–H groups in total. The Morgan fingerprint density at radius 3 is 1.45 bits per heavy atom. The van der Waals surface area contributed by atoms with E-state index >= 15 is 0 Å². The van der Waals surface area contributed by atoms with Gasteiger partial charge in [0.25, 0.3) is 0 Å². The highest BCUT2D eigenvalue weighted by Crippen LogP contribution is 2.28. The Morgan fingerprint density at radius 1 is 0.850 bits per heavy atom. The summed E-state index contributed by atoms with van der Waals surface area (Å²) < 4.78 is 0. The van der Waals surface area contributed by atoms with E-state index in [1.807, 2.05) is 47.6 Å². The van der Waals surface area contributed by atoms with Gasteiger partial charge >= 0.3 is 0 Å². The summed E-state index contributed by atoms with van der Waals surface area (Å²) in [6, 6.07) is 8.32. The van der Waals surface area contributed by atoms with Crippen molar-refractivity contribution in [3.8, 4) is 0 Å². The maximum Gasteiger partial charge on any atom is 0.214 e. The highest BCUT2D eigenvalue weighted by atomic mass is 16.1. The third-order valence-electron chi connectivity index (χ3n) is 2.97. The minimum atomic E-state index is -0.331. The normalized spacial score (nSPS) is 11.9. The van der Waals surface area contributed by atoms with Crippen molar-refractivity contribution in [2.75, 3.05) is 9.80 Å². The molecule has 0 heterocycles. The van der Waals surface area contributed by atoms with E-state index in [1.54, 1.807) is 21.9 Å². The van der Waals surface area contributed by atoms with Gasteiger partial charge in [0.05, 0.1) is 0 Å². The average Bonchev–Trinajstić information content (AvgIpc) is 2.27. The molecule has 1 radical (unpaired) electrons. The molecule has 0 aromatic heterocycles. The number of amides is 2. The van der Waals surface area contributed by atoms with Crippen LogP contribution in [0, 0.1) is 6.07 Å². The first-order valence-corrected chi connectivity index (χ1v) is 6.61. The van der Waals surface area contributed by atoms with E-state index in [4.69, 9.17) is 0 Å². The van der Waals surface area contributed by atoms with E-state index in [2.05, 4.69) is 6.07 Å². The molecule has 1 aromatic rings. The molecule has 0 saturated carbocycles. The molecule has 4 heteroatoms. The van der Waals surface area contributed by atoms with Gasteiger partial charge in [-0.15, -0.1) is 0 Å². The van der Waals surface area contributed by atoms with Crippen molar-refractivity contribution in [2.24, 2.45) is 0 Å². The van der Waals surface area contributed by atoms with Gasteiger partial charge in [0, 0.05) is 22.5 Å². The van der Waals surface area contributed by atoms with Crippen molar-refractivity contribution in [3.05, 3.63) is 24.3 Å². The molecular weight excluding hydrogens is 252 g/mol. The Hall–Kier alpha value is -1.84. The Morgan fingerprint density at radius 2 is 1.20 bits per heavy atom. The number of nitrogens with zero attached hydrogens (tertiary/aromatic N) is 2. The highest BCUT2D eigenvalue weighted by molar-refractivity contribution is 5.83. The first-order chi connectivity index (χ1) is 9.11. The number of hydrogen-bond donors (Lipinski definition) is 0. The summed E-state index contributed by atoms with van der Waals surface area (Å²) in [7, 11) is 0. The van der Waals surface area contributed by atoms with E-state index in [0.717, 1.165) is 24.2 Å². The molecule has 0 aliphatic carbocycles. The lowest BCUT2D eigenvalue weighted by Crippen LogP contribution is -2.42. The van der Waals surface area contributed by atoms with Gasteiger partial charge < -0.3 is 9.80 Å². The molecule has 0 spiro atoms. The molecule has 0 unspecified atom stereocenters. The lowest BCUT2D eigenvalue weighted by Gasteiger charge is -2.35. The smallest absolute Gasteiger partial charge is 0.214 e.